The maximum Gasteiger partial charge on any atom is 0.303 e. The van der Waals surface area contributed by atoms with Crippen molar-refractivity contribution in [3.05, 3.63) is 0 Å². The molecule has 0 saturated heterocycles. The molecule has 0 bridgehead atoms. The highest BCUT2D eigenvalue weighted by Crippen LogP contribution is 2.17. The molecule has 0 saturated carbocycles. The fraction of sp³-hybridized carbons (Fsp3) is 0.833. The van der Waals surface area contributed by atoms with Crippen molar-refractivity contribution in [1.29, 1.82) is 0 Å². The standard InChI is InChI=1S/2C6H12O2/c2*1-6(2,3)4-5(7)8/h2*4H2,1-3H3,(H,7,8). The van der Waals surface area contributed by atoms with E-state index in [1.807, 2.05) is 41.5 Å². The zero-order valence-electron chi connectivity index (χ0n) is 11.1. The lowest BCUT2D eigenvalue weighted by Crippen LogP contribution is -2.11. The zero-order chi connectivity index (χ0) is 13.6. The van der Waals surface area contributed by atoms with Crippen molar-refractivity contribution in [1.82, 2.24) is 0 Å². The molecule has 16 heavy (non-hydrogen) atoms. The number of hydrogen-bond acceptors (Lipinski definition) is 2. The molecule has 0 radical (unpaired) electrons. The number of rotatable bonds is 2. The summed E-state index contributed by atoms with van der Waals surface area (Å²) >= 11 is 0. The van der Waals surface area contributed by atoms with E-state index < -0.39 is 11.9 Å². The van der Waals surface area contributed by atoms with Gasteiger partial charge in [0.05, 0.1) is 12.8 Å². The van der Waals surface area contributed by atoms with Crippen LogP contribution in [0.4, 0.5) is 0 Å². The summed E-state index contributed by atoms with van der Waals surface area (Å²) in [6.07, 6.45) is 0.486. The van der Waals surface area contributed by atoms with Gasteiger partial charge in [-0.15, -0.1) is 0 Å². The summed E-state index contributed by atoms with van der Waals surface area (Å²) in [4.78, 5) is 20.0. The lowest BCUT2D eigenvalue weighted by atomic mass is 9.93. The first kappa shape index (κ1) is 17.3. The summed E-state index contributed by atoms with van der Waals surface area (Å²) in [5.41, 5.74) is -0.155. The van der Waals surface area contributed by atoms with Gasteiger partial charge < -0.3 is 10.2 Å². The zero-order valence-corrected chi connectivity index (χ0v) is 11.1. The minimum absolute atomic E-state index is 0.0775. The fourth-order valence-electron chi connectivity index (χ4n) is 0.907. The second-order valence-corrected chi connectivity index (χ2v) is 6.26. The first-order valence-electron chi connectivity index (χ1n) is 5.27. The highest BCUT2D eigenvalue weighted by molar-refractivity contribution is 5.67. The molecule has 0 rings (SSSR count). The Labute approximate surface area is 97.7 Å². The molecule has 0 aromatic heterocycles. The van der Waals surface area contributed by atoms with Crippen LogP contribution < -0.4 is 0 Å². The molecule has 0 aromatic carbocycles. The second kappa shape index (κ2) is 6.51. The van der Waals surface area contributed by atoms with Crippen LogP contribution >= 0.6 is 0 Å². The van der Waals surface area contributed by atoms with Gasteiger partial charge in [-0.25, -0.2) is 0 Å². The molecule has 0 atom stereocenters. The third-order valence-electron chi connectivity index (χ3n) is 1.36. The molecule has 4 nitrogen and oxygen atoms in total. The summed E-state index contributed by atoms with van der Waals surface area (Å²) < 4.78 is 0. The van der Waals surface area contributed by atoms with E-state index in [2.05, 4.69) is 0 Å². The third-order valence-corrected chi connectivity index (χ3v) is 1.36. The van der Waals surface area contributed by atoms with Gasteiger partial charge in [-0.05, 0) is 10.8 Å². The van der Waals surface area contributed by atoms with Crippen molar-refractivity contribution >= 4 is 11.9 Å². The molecule has 0 aliphatic carbocycles. The number of aliphatic carboxylic acids is 2. The van der Waals surface area contributed by atoms with Crippen LogP contribution in [0.1, 0.15) is 54.4 Å². The highest BCUT2D eigenvalue weighted by atomic mass is 16.4. The van der Waals surface area contributed by atoms with Crippen LogP contribution in [0, 0.1) is 10.8 Å². The van der Waals surface area contributed by atoms with Gasteiger partial charge in [-0.1, -0.05) is 41.5 Å². The van der Waals surface area contributed by atoms with E-state index in [0.717, 1.165) is 0 Å². The van der Waals surface area contributed by atoms with E-state index in [1.165, 1.54) is 0 Å². The molecule has 0 aliphatic heterocycles. The lowest BCUT2D eigenvalue weighted by Gasteiger charge is -2.13. The molecule has 0 aliphatic rings. The summed E-state index contributed by atoms with van der Waals surface area (Å²) in [7, 11) is 0. The van der Waals surface area contributed by atoms with E-state index >= 15 is 0 Å². The van der Waals surface area contributed by atoms with Gasteiger partial charge in [0.2, 0.25) is 0 Å². The third kappa shape index (κ3) is 23.1. The minimum Gasteiger partial charge on any atom is -0.481 e. The van der Waals surface area contributed by atoms with Crippen LogP contribution in [-0.2, 0) is 9.59 Å². The Balaban J connectivity index is 0. The van der Waals surface area contributed by atoms with Crippen molar-refractivity contribution < 1.29 is 19.8 Å². The fourth-order valence-corrected chi connectivity index (χ4v) is 0.907. The largest absolute Gasteiger partial charge is 0.481 e. The number of hydrogen-bond donors (Lipinski definition) is 2. The first-order chi connectivity index (χ1) is 6.83. The average Bonchev–Trinajstić information content (AvgIpc) is 1.72. The van der Waals surface area contributed by atoms with Crippen molar-refractivity contribution in [2.45, 2.75) is 54.4 Å². The monoisotopic (exact) mass is 232 g/mol. The Hall–Kier alpha value is -1.06. The summed E-state index contributed by atoms with van der Waals surface area (Å²) in [5, 5.41) is 16.5. The van der Waals surface area contributed by atoms with Gasteiger partial charge in [0.25, 0.3) is 0 Å². The Morgan fingerprint density at radius 3 is 0.938 bits per heavy atom. The second-order valence-electron chi connectivity index (χ2n) is 6.26. The molecule has 4 heteroatoms. The molecule has 96 valence electrons. The van der Waals surface area contributed by atoms with Crippen molar-refractivity contribution in [3.63, 3.8) is 0 Å². The van der Waals surface area contributed by atoms with Gasteiger partial charge in [0, 0.05) is 0 Å². The van der Waals surface area contributed by atoms with E-state index in [1.54, 1.807) is 0 Å². The van der Waals surface area contributed by atoms with Crippen molar-refractivity contribution in [3.8, 4) is 0 Å². The van der Waals surface area contributed by atoms with E-state index in [9.17, 15) is 9.59 Å². The summed E-state index contributed by atoms with van der Waals surface area (Å²) in [6, 6.07) is 0. The van der Waals surface area contributed by atoms with Gasteiger partial charge in [-0.2, -0.15) is 0 Å². The molecule has 2 N–H and O–H groups in total. The van der Waals surface area contributed by atoms with Crippen LogP contribution in [0.2, 0.25) is 0 Å². The molecule has 0 amide bonds. The lowest BCUT2D eigenvalue weighted by molar-refractivity contribution is -0.140. The minimum atomic E-state index is -0.725. The first-order valence-corrected chi connectivity index (χ1v) is 5.27. The number of carboxylic acid groups (broad SMARTS) is 2. The maximum atomic E-state index is 10.0. The Morgan fingerprint density at radius 2 is 0.938 bits per heavy atom. The number of carbonyl (C=O) groups is 2. The number of carboxylic acids is 2. The molecule has 0 unspecified atom stereocenters. The predicted octanol–water partition coefficient (Wildman–Crippen LogP) is 3.01. The predicted molar refractivity (Wildman–Crippen MR) is 63.4 cm³/mol. The van der Waals surface area contributed by atoms with E-state index in [4.69, 9.17) is 10.2 Å². The van der Waals surface area contributed by atoms with Crippen LogP contribution in [0.3, 0.4) is 0 Å². The van der Waals surface area contributed by atoms with Gasteiger partial charge >= 0.3 is 11.9 Å². The molecular weight excluding hydrogens is 208 g/mol. The van der Waals surface area contributed by atoms with Crippen LogP contribution in [0.25, 0.3) is 0 Å². The highest BCUT2D eigenvalue weighted by Gasteiger charge is 2.14. The Bertz CT molecular complexity index is 204. The molecule has 0 spiro atoms. The van der Waals surface area contributed by atoms with Gasteiger partial charge in [-0.3, -0.25) is 9.59 Å². The maximum absolute atomic E-state index is 10.0. The topological polar surface area (TPSA) is 74.6 Å². The molecule has 0 heterocycles. The van der Waals surface area contributed by atoms with Crippen molar-refractivity contribution in [2.75, 3.05) is 0 Å². The average molecular weight is 232 g/mol. The smallest absolute Gasteiger partial charge is 0.303 e. The molecular formula is C12H24O4. The van der Waals surface area contributed by atoms with Crippen LogP contribution in [0.5, 0.6) is 0 Å². The van der Waals surface area contributed by atoms with Crippen LogP contribution in [0.15, 0.2) is 0 Å². The van der Waals surface area contributed by atoms with Gasteiger partial charge in [0.1, 0.15) is 0 Å². The Kier molecular flexibility index (Phi) is 7.05. The van der Waals surface area contributed by atoms with Gasteiger partial charge in [0.15, 0.2) is 0 Å². The SMILES string of the molecule is CC(C)(C)CC(=O)O.CC(C)(C)CC(=O)O. The summed E-state index contributed by atoms with van der Waals surface area (Å²) in [5.74, 6) is -1.45. The van der Waals surface area contributed by atoms with E-state index in [-0.39, 0.29) is 23.7 Å². The molecule has 0 aromatic rings. The Morgan fingerprint density at radius 1 is 0.750 bits per heavy atom. The quantitative estimate of drug-likeness (QED) is 0.767. The van der Waals surface area contributed by atoms with Crippen LogP contribution in [-0.4, -0.2) is 22.2 Å². The van der Waals surface area contributed by atoms with Crippen molar-refractivity contribution in [2.24, 2.45) is 10.8 Å². The molecule has 0 fully saturated rings. The summed E-state index contributed by atoms with van der Waals surface area (Å²) in [6.45, 7) is 11.4. The normalized spacial score (nSPS) is 11.4. The van der Waals surface area contributed by atoms with E-state index in [0.29, 0.717) is 0 Å².